The summed E-state index contributed by atoms with van der Waals surface area (Å²) < 4.78 is 5.63. The molecule has 19 heavy (non-hydrogen) atoms. The molecule has 1 aromatic rings. The number of guanidine groups is 2. The van der Waals surface area contributed by atoms with E-state index in [4.69, 9.17) is 21.9 Å². The molecule has 0 saturated heterocycles. The van der Waals surface area contributed by atoms with Crippen LogP contribution < -0.4 is 17.2 Å². The monoisotopic (exact) mass is 375 g/mol. The predicted octanol–water partition coefficient (Wildman–Crippen LogP) is 0.688. The lowest BCUT2D eigenvalue weighted by molar-refractivity contribution is 0.0526. The molecule has 0 unspecified atom stereocenters. The van der Waals surface area contributed by atoms with Crippen molar-refractivity contribution in [1.29, 1.82) is 0 Å². The topological polar surface area (TPSA) is 129 Å². The highest BCUT2D eigenvalue weighted by Gasteiger charge is 2.09. The van der Waals surface area contributed by atoms with E-state index in [0.717, 1.165) is 3.57 Å². The zero-order valence-electron chi connectivity index (χ0n) is 10.3. The van der Waals surface area contributed by atoms with Crippen LogP contribution >= 0.6 is 22.6 Å². The van der Waals surface area contributed by atoms with E-state index in [0.29, 0.717) is 17.9 Å². The molecule has 6 N–H and O–H groups in total. The Hall–Kier alpha value is -1.84. The number of nitrogens with two attached hydrogens (primary N) is 3. The van der Waals surface area contributed by atoms with Gasteiger partial charge in [0.2, 0.25) is 5.96 Å². The normalized spacial score (nSPS) is 10.9. The first-order valence-corrected chi connectivity index (χ1v) is 6.42. The van der Waals surface area contributed by atoms with Gasteiger partial charge in [-0.3, -0.25) is 0 Å². The lowest BCUT2D eigenvalue weighted by Crippen LogP contribution is -2.26. The number of carbonyl (C=O) groups is 1. The summed E-state index contributed by atoms with van der Waals surface area (Å²) in [6, 6.07) is 4.89. The number of hydrogen-bond acceptors (Lipinski definition) is 3. The number of rotatable bonds is 3. The van der Waals surface area contributed by atoms with Crippen molar-refractivity contribution in [3.05, 3.63) is 27.3 Å². The number of ether oxygens (including phenoxy) is 1. The Labute approximate surface area is 124 Å². The molecule has 0 bridgehead atoms. The Kier molecular flexibility index (Phi) is 5.55. The van der Waals surface area contributed by atoms with E-state index < -0.39 is 0 Å². The van der Waals surface area contributed by atoms with Crippen molar-refractivity contribution in [2.24, 2.45) is 27.2 Å². The first kappa shape index (κ1) is 15.2. The summed E-state index contributed by atoms with van der Waals surface area (Å²) in [6.45, 7) is 2.07. The standard InChI is InChI=1S/C11H14IN5O2/c1-2-19-9(18)6-3-4-8(7(12)5-6)16-11(15)17-10(13)14/h3-5H,2H2,1H3,(H6,13,14,15,16,17). The Balaban J connectivity index is 3.01. The first-order chi connectivity index (χ1) is 8.93. The second-order valence-corrected chi connectivity index (χ2v) is 4.56. The molecule has 0 amide bonds. The Morgan fingerprint density at radius 2 is 2.05 bits per heavy atom. The van der Waals surface area contributed by atoms with Crippen LogP contribution in [0.15, 0.2) is 28.2 Å². The molecule has 1 aromatic carbocycles. The minimum atomic E-state index is -0.381. The van der Waals surface area contributed by atoms with Crippen molar-refractivity contribution >= 4 is 46.2 Å². The second-order valence-electron chi connectivity index (χ2n) is 3.39. The van der Waals surface area contributed by atoms with Gasteiger partial charge in [-0.1, -0.05) is 0 Å². The smallest absolute Gasteiger partial charge is 0.338 e. The quantitative estimate of drug-likeness (QED) is 0.310. The van der Waals surface area contributed by atoms with Gasteiger partial charge in [-0.2, -0.15) is 4.99 Å². The minimum Gasteiger partial charge on any atom is -0.462 e. The molecule has 0 radical (unpaired) electrons. The van der Waals surface area contributed by atoms with Gasteiger partial charge in [-0.25, -0.2) is 9.79 Å². The fourth-order valence-corrected chi connectivity index (χ4v) is 1.86. The van der Waals surface area contributed by atoms with E-state index in [1.165, 1.54) is 0 Å². The molecule has 0 atom stereocenters. The molecule has 0 fully saturated rings. The van der Waals surface area contributed by atoms with Crippen molar-refractivity contribution in [2.45, 2.75) is 6.92 Å². The van der Waals surface area contributed by atoms with E-state index in [1.807, 2.05) is 22.6 Å². The number of esters is 1. The van der Waals surface area contributed by atoms with Gasteiger partial charge in [0.05, 0.1) is 17.9 Å². The number of benzene rings is 1. The molecule has 0 heterocycles. The summed E-state index contributed by atoms with van der Waals surface area (Å²) in [6.07, 6.45) is 0. The largest absolute Gasteiger partial charge is 0.462 e. The highest BCUT2D eigenvalue weighted by atomic mass is 127. The summed E-state index contributed by atoms with van der Waals surface area (Å²) in [5.41, 5.74) is 16.9. The summed E-state index contributed by atoms with van der Waals surface area (Å²) >= 11 is 2.03. The highest BCUT2D eigenvalue weighted by Crippen LogP contribution is 2.23. The van der Waals surface area contributed by atoms with Crippen molar-refractivity contribution in [3.63, 3.8) is 0 Å². The SMILES string of the molecule is CCOC(=O)c1ccc(N=C(N)N=C(N)N)c(I)c1. The molecule has 0 aliphatic carbocycles. The van der Waals surface area contributed by atoms with Crippen LogP contribution in [0.5, 0.6) is 0 Å². The summed E-state index contributed by atoms with van der Waals surface area (Å²) in [7, 11) is 0. The average molecular weight is 375 g/mol. The molecular formula is C11H14IN5O2. The zero-order valence-corrected chi connectivity index (χ0v) is 12.4. The van der Waals surface area contributed by atoms with E-state index in [9.17, 15) is 4.79 Å². The van der Waals surface area contributed by atoms with E-state index in [-0.39, 0.29) is 17.9 Å². The van der Waals surface area contributed by atoms with Gasteiger partial charge in [-0.05, 0) is 47.7 Å². The van der Waals surface area contributed by atoms with Crippen molar-refractivity contribution in [2.75, 3.05) is 6.61 Å². The maximum absolute atomic E-state index is 11.5. The maximum atomic E-state index is 11.5. The van der Waals surface area contributed by atoms with Crippen LogP contribution in [0.1, 0.15) is 17.3 Å². The Morgan fingerprint density at radius 1 is 1.37 bits per heavy atom. The van der Waals surface area contributed by atoms with E-state index >= 15 is 0 Å². The fourth-order valence-electron chi connectivity index (χ4n) is 1.22. The zero-order chi connectivity index (χ0) is 14.4. The molecular weight excluding hydrogens is 361 g/mol. The summed E-state index contributed by atoms with van der Waals surface area (Å²) in [4.78, 5) is 19.2. The fraction of sp³-hybridized carbons (Fsp3) is 0.182. The number of hydrogen-bond donors (Lipinski definition) is 3. The van der Waals surface area contributed by atoms with Gasteiger partial charge in [0, 0.05) is 3.57 Å². The molecule has 0 aromatic heterocycles. The van der Waals surface area contributed by atoms with E-state index in [1.54, 1.807) is 25.1 Å². The molecule has 0 saturated carbocycles. The maximum Gasteiger partial charge on any atom is 0.338 e. The molecule has 0 aliphatic rings. The van der Waals surface area contributed by atoms with Crippen LogP contribution in [-0.2, 0) is 4.74 Å². The van der Waals surface area contributed by atoms with Crippen LogP contribution in [0.3, 0.4) is 0 Å². The third-order valence-electron chi connectivity index (χ3n) is 1.94. The number of nitrogens with zero attached hydrogens (tertiary/aromatic N) is 2. The summed E-state index contributed by atoms with van der Waals surface area (Å²) in [5, 5.41) is 0. The van der Waals surface area contributed by atoms with Gasteiger partial charge < -0.3 is 21.9 Å². The highest BCUT2D eigenvalue weighted by molar-refractivity contribution is 14.1. The number of aliphatic imine (C=N–C) groups is 2. The van der Waals surface area contributed by atoms with Gasteiger partial charge in [0.15, 0.2) is 5.96 Å². The number of carbonyl (C=O) groups excluding carboxylic acids is 1. The first-order valence-electron chi connectivity index (χ1n) is 5.34. The van der Waals surface area contributed by atoms with Crippen molar-refractivity contribution < 1.29 is 9.53 Å². The van der Waals surface area contributed by atoms with Crippen LogP contribution in [0.2, 0.25) is 0 Å². The van der Waals surface area contributed by atoms with Crippen LogP contribution in [0.4, 0.5) is 5.69 Å². The minimum absolute atomic E-state index is 0.0539. The molecule has 1 rings (SSSR count). The lowest BCUT2D eigenvalue weighted by Gasteiger charge is -2.04. The average Bonchev–Trinajstić information content (AvgIpc) is 2.31. The van der Waals surface area contributed by atoms with Gasteiger partial charge in [-0.15, -0.1) is 0 Å². The Bertz CT molecular complexity index is 538. The molecule has 0 aliphatic heterocycles. The summed E-state index contributed by atoms with van der Waals surface area (Å²) in [5.74, 6) is -0.602. The Morgan fingerprint density at radius 3 is 2.58 bits per heavy atom. The predicted molar refractivity (Wildman–Crippen MR) is 82.2 cm³/mol. The molecule has 0 spiro atoms. The second kappa shape index (κ2) is 6.92. The third-order valence-corrected chi connectivity index (χ3v) is 2.80. The molecule has 8 heteroatoms. The van der Waals surface area contributed by atoms with Crippen molar-refractivity contribution in [3.8, 4) is 0 Å². The van der Waals surface area contributed by atoms with E-state index in [2.05, 4.69) is 9.98 Å². The number of halogens is 1. The van der Waals surface area contributed by atoms with Gasteiger partial charge in [0.25, 0.3) is 0 Å². The lowest BCUT2D eigenvalue weighted by atomic mass is 10.2. The van der Waals surface area contributed by atoms with Crippen LogP contribution in [-0.4, -0.2) is 24.5 Å². The van der Waals surface area contributed by atoms with Gasteiger partial charge >= 0.3 is 5.97 Å². The van der Waals surface area contributed by atoms with Crippen LogP contribution in [0.25, 0.3) is 0 Å². The van der Waals surface area contributed by atoms with Crippen LogP contribution in [0, 0.1) is 3.57 Å². The van der Waals surface area contributed by atoms with Gasteiger partial charge in [0.1, 0.15) is 0 Å². The van der Waals surface area contributed by atoms with Crippen molar-refractivity contribution in [1.82, 2.24) is 0 Å². The third kappa shape index (κ3) is 4.73. The molecule has 102 valence electrons. The molecule has 7 nitrogen and oxygen atoms in total.